The van der Waals surface area contributed by atoms with Gasteiger partial charge in [-0.2, -0.15) is 0 Å². The smallest absolute Gasteiger partial charge is 0.337 e. The van der Waals surface area contributed by atoms with Gasteiger partial charge in [0.15, 0.2) is 11.6 Å². The number of aromatic nitrogens is 2. The number of rotatable bonds is 5. The van der Waals surface area contributed by atoms with Gasteiger partial charge < -0.3 is 15.4 Å². The van der Waals surface area contributed by atoms with Crippen LogP contribution in [0.1, 0.15) is 42.5 Å². The fourth-order valence-electron chi connectivity index (χ4n) is 3.05. The Morgan fingerprint density at radius 3 is 2.46 bits per heavy atom. The zero-order valence-corrected chi connectivity index (χ0v) is 14.7. The summed E-state index contributed by atoms with van der Waals surface area (Å²) >= 11 is 0. The lowest BCUT2D eigenvalue weighted by atomic mass is 9.89. The third-order valence-electron chi connectivity index (χ3n) is 4.45. The van der Waals surface area contributed by atoms with Crippen molar-refractivity contribution >= 4 is 29.2 Å². The molecule has 2 N–H and O–H groups in total. The van der Waals surface area contributed by atoms with Gasteiger partial charge in [-0.15, -0.1) is 10.2 Å². The number of nitrogens with one attached hydrogen (secondary N) is 2. The number of nitrogens with zero attached hydrogens (tertiary/aromatic N) is 2. The summed E-state index contributed by atoms with van der Waals surface area (Å²) in [5.74, 6) is 0.646. The molecule has 0 unspecified atom stereocenters. The number of anilines is 3. The van der Waals surface area contributed by atoms with Crippen molar-refractivity contribution in [2.45, 2.75) is 32.1 Å². The molecule has 1 aromatic heterocycles. The van der Waals surface area contributed by atoms with Gasteiger partial charge in [0.1, 0.15) is 0 Å². The van der Waals surface area contributed by atoms with Gasteiger partial charge in [0.25, 0.3) is 0 Å². The van der Waals surface area contributed by atoms with E-state index in [1.165, 1.54) is 13.5 Å². The van der Waals surface area contributed by atoms with Crippen LogP contribution in [0.4, 0.5) is 17.3 Å². The number of benzene rings is 1. The van der Waals surface area contributed by atoms with Gasteiger partial charge in [-0.05, 0) is 43.2 Å². The maximum Gasteiger partial charge on any atom is 0.337 e. The molecule has 136 valence electrons. The minimum Gasteiger partial charge on any atom is -0.465 e. The number of hydrogen-bond acceptors (Lipinski definition) is 6. The molecule has 1 saturated carbocycles. The van der Waals surface area contributed by atoms with E-state index in [2.05, 4.69) is 20.8 Å². The van der Waals surface area contributed by atoms with Gasteiger partial charge in [0, 0.05) is 11.6 Å². The SMILES string of the molecule is COC(=O)c1cccc(Nc2ccc(NC(=O)C3CCCCC3)nn2)c1. The van der Waals surface area contributed by atoms with E-state index in [-0.39, 0.29) is 11.8 Å². The number of esters is 1. The first-order valence-electron chi connectivity index (χ1n) is 8.76. The average molecular weight is 354 g/mol. The predicted octanol–water partition coefficient (Wildman–Crippen LogP) is 3.53. The van der Waals surface area contributed by atoms with Crippen LogP contribution in [0.25, 0.3) is 0 Å². The first-order chi connectivity index (χ1) is 12.7. The zero-order chi connectivity index (χ0) is 18.4. The zero-order valence-electron chi connectivity index (χ0n) is 14.7. The summed E-state index contributed by atoms with van der Waals surface area (Å²) in [6.07, 6.45) is 5.31. The van der Waals surface area contributed by atoms with Crippen LogP contribution in [0.15, 0.2) is 36.4 Å². The molecule has 1 amide bonds. The maximum absolute atomic E-state index is 12.2. The largest absolute Gasteiger partial charge is 0.465 e. The second-order valence-corrected chi connectivity index (χ2v) is 6.33. The van der Waals surface area contributed by atoms with Crippen molar-refractivity contribution in [3.8, 4) is 0 Å². The van der Waals surface area contributed by atoms with Crippen LogP contribution >= 0.6 is 0 Å². The molecule has 0 bridgehead atoms. The topological polar surface area (TPSA) is 93.2 Å². The van der Waals surface area contributed by atoms with E-state index in [9.17, 15) is 9.59 Å². The Morgan fingerprint density at radius 2 is 1.77 bits per heavy atom. The van der Waals surface area contributed by atoms with Crippen molar-refractivity contribution in [2.24, 2.45) is 5.92 Å². The molecule has 26 heavy (non-hydrogen) atoms. The van der Waals surface area contributed by atoms with E-state index in [1.54, 1.807) is 30.3 Å². The third kappa shape index (κ3) is 4.56. The van der Waals surface area contributed by atoms with Crippen LogP contribution in [0, 0.1) is 5.92 Å². The lowest BCUT2D eigenvalue weighted by Crippen LogP contribution is -2.25. The second-order valence-electron chi connectivity index (χ2n) is 6.33. The van der Waals surface area contributed by atoms with Gasteiger partial charge in [-0.3, -0.25) is 4.79 Å². The number of methoxy groups -OCH3 is 1. The van der Waals surface area contributed by atoms with Gasteiger partial charge in [0.2, 0.25) is 5.91 Å². The molecule has 0 radical (unpaired) electrons. The summed E-state index contributed by atoms with van der Waals surface area (Å²) in [4.78, 5) is 23.8. The lowest BCUT2D eigenvalue weighted by molar-refractivity contribution is -0.120. The van der Waals surface area contributed by atoms with Crippen molar-refractivity contribution in [2.75, 3.05) is 17.7 Å². The van der Waals surface area contributed by atoms with Crippen LogP contribution in [-0.2, 0) is 9.53 Å². The molecule has 2 aromatic rings. The highest BCUT2D eigenvalue weighted by Crippen LogP contribution is 2.24. The fourth-order valence-corrected chi connectivity index (χ4v) is 3.05. The standard InChI is InChI=1S/C19H22N4O3/c1-26-19(25)14-8-5-9-15(12-14)20-16-10-11-17(23-22-16)21-18(24)13-6-3-2-4-7-13/h5,8-13H,2-4,6-7H2,1H3,(H,20,22)(H,21,23,24). The fraction of sp³-hybridized carbons (Fsp3) is 0.368. The molecule has 3 rings (SSSR count). The summed E-state index contributed by atoms with van der Waals surface area (Å²) in [6, 6.07) is 10.3. The van der Waals surface area contributed by atoms with E-state index >= 15 is 0 Å². The Bertz CT molecular complexity index is 771. The molecule has 1 aliphatic carbocycles. The molecule has 0 aliphatic heterocycles. The summed E-state index contributed by atoms with van der Waals surface area (Å²) in [5, 5.41) is 14.0. The van der Waals surface area contributed by atoms with Crippen LogP contribution in [0.3, 0.4) is 0 Å². The van der Waals surface area contributed by atoms with E-state index in [4.69, 9.17) is 4.74 Å². The highest BCUT2D eigenvalue weighted by atomic mass is 16.5. The summed E-state index contributed by atoms with van der Waals surface area (Å²) < 4.78 is 4.71. The first-order valence-corrected chi connectivity index (χ1v) is 8.76. The Morgan fingerprint density at radius 1 is 1.04 bits per heavy atom. The molecular weight excluding hydrogens is 332 g/mol. The Labute approximate surface area is 152 Å². The lowest BCUT2D eigenvalue weighted by Gasteiger charge is -2.20. The van der Waals surface area contributed by atoms with E-state index in [0.717, 1.165) is 25.7 Å². The molecule has 1 heterocycles. The van der Waals surface area contributed by atoms with Crippen molar-refractivity contribution in [3.63, 3.8) is 0 Å². The molecule has 1 aromatic carbocycles. The Kier molecular flexibility index (Phi) is 5.78. The van der Waals surface area contributed by atoms with Crippen LogP contribution < -0.4 is 10.6 Å². The molecule has 0 saturated heterocycles. The molecule has 0 spiro atoms. The summed E-state index contributed by atoms with van der Waals surface area (Å²) in [7, 11) is 1.34. The highest BCUT2D eigenvalue weighted by Gasteiger charge is 2.21. The monoisotopic (exact) mass is 354 g/mol. The normalized spacial score (nSPS) is 14.5. The van der Waals surface area contributed by atoms with Gasteiger partial charge in [-0.1, -0.05) is 25.3 Å². The average Bonchev–Trinajstić information content (AvgIpc) is 2.69. The van der Waals surface area contributed by atoms with Crippen molar-refractivity contribution in [1.82, 2.24) is 10.2 Å². The van der Waals surface area contributed by atoms with E-state index in [0.29, 0.717) is 22.9 Å². The number of ether oxygens (including phenoxy) is 1. The third-order valence-corrected chi connectivity index (χ3v) is 4.45. The molecule has 1 fully saturated rings. The quantitative estimate of drug-likeness (QED) is 0.798. The van der Waals surface area contributed by atoms with Crippen molar-refractivity contribution in [3.05, 3.63) is 42.0 Å². The maximum atomic E-state index is 12.2. The highest BCUT2D eigenvalue weighted by molar-refractivity contribution is 5.92. The molecule has 7 nitrogen and oxygen atoms in total. The Balaban J connectivity index is 1.61. The number of carbonyl (C=O) groups excluding carboxylic acids is 2. The van der Waals surface area contributed by atoms with Crippen molar-refractivity contribution in [1.29, 1.82) is 0 Å². The molecule has 1 aliphatic rings. The minimum absolute atomic E-state index is 0.0190. The van der Waals surface area contributed by atoms with Crippen LogP contribution in [0.5, 0.6) is 0 Å². The number of amides is 1. The van der Waals surface area contributed by atoms with Gasteiger partial charge in [0.05, 0.1) is 12.7 Å². The van der Waals surface area contributed by atoms with Gasteiger partial charge in [-0.25, -0.2) is 4.79 Å². The minimum atomic E-state index is -0.402. The second kappa shape index (κ2) is 8.42. The number of carbonyl (C=O) groups is 2. The summed E-state index contributed by atoms with van der Waals surface area (Å²) in [6.45, 7) is 0. The molecular formula is C19H22N4O3. The van der Waals surface area contributed by atoms with Gasteiger partial charge >= 0.3 is 5.97 Å². The van der Waals surface area contributed by atoms with Crippen LogP contribution in [-0.4, -0.2) is 29.2 Å². The van der Waals surface area contributed by atoms with E-state index < -0.39 is 5.97 Å². The summed E-state index contributed by atoms with van der Waals surface area (Å²) in [5.41, 5.74) is 1.14. The van der Waals surface area contributed by atoms with Crippen LogP contribution in [0.2, 0.25) is 0 Å². The first kappa shape index (κ1) is 17.8. The molecule has 7 heteroatoms. The van der Waals surface area contributed by atoms with E-state index in [1.807, 2.05) is 6.07 Å². The Hall–Kier alpha value is -2.96. The number of hydrogen-bond donors (Lipinski definition) is 2. The molecule has 0 atom stereocenters. The van der Waals surface area contributed by atoms with Crippen molar-refractivity contribution < 1.29 is 14.3 Å². The predicted molar refractivity (Wildman–Crippen MR) is 98.3 cm³/mol.